The molecule has 0 radical (unpaired) electrons. The molecule has 0 aromatic heterocycles. The molecular weight excluding hydrogens is 128 g/mol. The fourth-order valence-corrected chi connectivity index (χ4v) is 0.803. The first kappa shape index (κ1) is 6.93. The van der Waals surface area contributed by atoms with Gasteiger partial charge in [-0.2, -0.15) is 4.99 Å². The number of hydrogen-bond donors (Lipinski definition) is 1. The predicted molar refractivity (Wildman–Crippen MR) is 38.2 cm³/mol. The van der Waals surface area contributed by atoms with Crippen LogP contribution in [0.5, 0.6) is 0 Å². The largest absolute Gasteiger partial charge is 0.322 e. The second kappa shape index (κ2) is 3.11. The number of nitrogens with zero attached hydrogens (tertiary/aromatic N) is 1. The molecule has 0 amide bonds. The van der Waals surface area contributed by atoms with Crippen LogP contribution in [0.15, 0.2) is 29.3 Å². The summed E-state index contributed by atoms with van der Waals surface area (Å²) in [4.78, 5) is 13.3. The number of isocyanates is 1. The van der Waals surface area contributed by atoms with Crippen molar-refractivity contribution in [2.24, 2.45) is 10.7 Å². The highest BCUT2D eigenvalue weighted by atomic mass is 16.1. The van der Waals surface area contributed by atoms with Crippen molar-refractivity contribution < 1.29 is 4.79 Å². The summed E-state index contributed by atoms with van der Waals surface area (Å²) in [6.07, 6.45) is 8.70. The highest BCUT2D eigenvalue weighted by Gasteiger charge is 2.11. The minimum absolute atomic E-state index is 0.175. The van der Waals surface area contributed by atoms with E-state index in [-0.39, 0.29) is 12.1 Å². The topological polar surface area (TPSA) is 55.4 Å². The minimum atomic E-state index is -0.220. The molecule has 10 heavy (non-hydrogen) atoms. The Bertz CT molecular complexity index is 214. The average molecular weight is 136 g/mol. The predicted octanol–water partition coefficient (Wildman–Crippen LogP) is 0.144. The molecule has 1 rings (SSSR count). The Hall–Kier alpha value is -1.18. The Morgan fingerprint density at radius 3 is 2.70 bits per heavy atom. The lowest BCUT2D eigenvalue weighted by atomic mass is 10.1. The Kier molecular flexibility index (Phi) is 2.15. The van der Waals surface area contributed by atoms with Gasteiger partial charge in [0.05, 0.1) is 12.1 Å². The molecule has 0 aromatic carbocycles. The van der Waals surface area contributed by atoms with E-state index in [0.717, 1.165) is 0 Å². The molecule has 0 spiro atoms. The molecule has 0 saturated carbocycles. The maximum absolute atomic E-state index is 9.81. The number of nitrogens with two attached hydrogens (primary N) is 1. The molecule has 1 aliphatic carbocycles. The number of allylic oxidation sites excluding steroid dienone is 2. The van der Waals surface area contributed by atoms with Gasteiger partial charge in [-0.05, 0) is 0 Å². The third kappa shape index (κ3) is 1.41. The van der Waals surface area contributed by atoms with Crippen molar-refractivity contribution in [2.75, 3.05) is 0 Å². The van der Waals surface area contributed by atoms with Gasteiger partial charge in [0.2, 0.25) is 6.08 Å². The van der Waals surface area contributed by atoms with Gasteiger partial charge < -0.3 is 5.73 Å². The average Bonchev–Trinajstić information content (AvgIpc) is 1.94. The van der Waals surface area contributed by atoms with Crippen molar-refractivity contribution in [3.63, 3.8) is 0 Å². The first-order chi connectivity index (χ1) is 4.84. The lowest BCUT2D eigenvalue weighted by Gasteiger charge is -2.12. The van der Waals surface area contributed by atoms with Gasteiger partial charge in [-0.1, -0.05) is 24.3 Å². The number of rotatable bonds is 1. The summed E-state index contributed by atoms with van der Waals surface area (Å²) in [7, 11) is 0. The normalized spacial score (nSPS) is 29.7. The summed E-state index contributed by atoms with van der Waals surface area (Å²) >= 11 is 0. The molecule has 3 nitrogen and oxygen atoms in total. The summed E-state index contributed by atoms with van der Waals surface area (Å²) in [5.41, 5.74) is 5.55. The van der Waals surface area contributed by atoms with Crippen LogP contribution in [-0.2, 0) is 4.79 Å². The number of aliphatic imine (C=N–C) groups is 1. The van der Waals surface area contributed by atoms with Crippen molar-refractivity contribution >= 4 is 6.08 Å². The Labute approximate surface area is 58.9 Å². The van der Waals surface area contributed by atoms with Crippen LogP contribution < -0.4 is 5.73 Å². The van der Waals surface area contributed by atoms with E-state index in [0.29, 0.717) is 0 Å². The van der Waals surface area contributed by atoms with Gasteiger partial charge >= 0.3 is 0 Å². The van der Waals surface area contributed by atoms with E-state index in [9.17, 15) is 4.79 Å². The highest BCUT2D eigenvalue weighted by molar-refractivity contribution is 5.36. The summed E-state index contributed by atoms with van der Waals surface area (Å²) in [5.74, 6) is 0. The van der Waals surface area contributed by atoms with Crippen LogP contribution in [0.25, 0.3) is 0 Å². The van der Waals surface area contributed by atoms with Gasteiger partial charge in [-0.3, -0.25) is 0 Å². The summed E-state index contributed by atoms with van der Waals surface area (Å²) in [6.45, 7) is 0. The van der Waals surface area contributed by atoms with Crippen molar-refractivity contribution in [1.29, 1.82) is 0 Å². The van der Waals surface area contributed by atoms with Crippen molar-refractivity contribution in [3.05, 3.63) is 24.3 Å². The maximum atomic E-state index is 9.81. The van der Waals surface area contributed by atoms with Gasteiger partial charge in [0.15, 0.2) is 0 Å². The second-order valence-corrected chi connectivity index (χ2v) is 2.06. The van der Waals surface area contributed by atoms with Gasteiger partial charge in [0.1, 0.15) is 0 Å². The molecule has 0 heterocycles. The molecule has 2 N–H and O–H groups in total. The smallest absolute Gasteiger partial charge is 0.235 e. The van der Waals surface area contributed by atoms with Crippen LogP contribution in [0.1, 0.15) is 0 Å². The van der Waals surface area contributed by atoms with Gasteiger partial charge in [-0.25, -0.2) is 4.79 Å². The zero-order valence-corrected chi connectivity index (χ0v) is 5.40. The van der Waals surface area contributed by atoms with Crippen LogP contribution in [0, 0.1) is 0 Å². The standard InChI is InChI=1S/C7H8N2O/c8-6-3-1-2-4-7(6)9-5-10/h1-4,6-7H,8H2. The van der Waals surface area contributed by atoms with E-state index in [2.05, 4.69) is 4.99 Å². The van der Waals surface area contributed by atoms with Gasteiger partial charge in [0, 0.05) is 0 Å². The number of carbonyl (C=O) groups excluding carboxylic acids is 1. The summed E-state index contributed by atoms with van der Waals surface area (Å²) in [5, 5.41) is 0. The Balaban J connectivity index is 2.69. The fourth-order valence-electron chi connectivity index (χ4n) is 0.803. The van der Waals surface area contributed by atoms with Crippen molar-refractivity contribution in [2.45, 2.75) is 12.1 Å². The van der Waals surface area contributed by atoms with E-state index in [1.165, 1.54) is 6.08 Å². The molecule has 2 atom stereocenters. The SMILES string of the molecule is NC1C=CC=CC1N=C=O. The van der Waals surface area contributed by atoms with Crippen LogP contribution in [0.3, 0.4) is 0 Å². The van der Waals surface area contributed by atoms with Crippen LogP contribution in [0.2, 0.25) is 0 Å². The lowest BCUT2D eigenvalue weighted by Crippen LogP contribution is -2.30. The monoisotopic (exact) mass is 136 g/mol. The van der Waals surface area contributed by atoms with Gasteiger partial charge in [0.25, 0.3) is 0 Å². The van der Waals surface area contributed by atoms with Crippen molar-refractivity contribution in [1.82, 2.24) is 0 Å². The molecular formula is C7H8N2O. The number of hydrogen-bond acceptors (Lipinski definition) is 3. The quantitative estimate of drug-likeness (QED) is 0.412. The summed E-state index contributed by atoms with van der Waals surface area (Å²) < 4.78 is 0. The van der Waals surface area contributed by atoms with E-state index >= 15 is 0 Å². The summed E-state index contributed by atoms with van der Waals surface area (Å²) in [6, 6.07) is -0.394. The third-order valence-corrected chi connectivity index (χ3v) is 1.35. The highest BCUT2D eigenvalue weighted by Crippen LogP contribution is 2.04. The fraction of sp³-hybridized carbons (Fsp3) is 0.286. The van der Waals surface area contributed by atoms with E-state index < -0.39 is 0 Å². The van der Waals surface area contributed by atoms with E-state index in [1.54, 1.807) is 12.2 Å². The zero-order valence-electron chi connectivity index (χ0n) is 5.40. The van der Waals surface area contributed by atoms with Crippen molar-refractivity contribution in [3.8, 4) is 0 Å². The molecule has 52 valence electrons. The van der Waals surface area contributed by atoms with Crippen LogP contribution in [0.4, 0.5) is 0 Å². The first-order valence-corrected chi connectivity index (χ1v) is 3.02. The zero-order chi connectivity index (χ0) is 7.40. The van der Waals surface area contributed by atoms with Crippen LogP contribution in [-0.4, -0.2) is 18.2 Å². The molecule has 0 aliphatic heterocycles. The molecule has 0 fully saturated rings. The molecule has 2 unspecified atom stereocenters. The molecule has 0 saturated heterocycles. The Morgan fingerprint density at radius 1 is 1.40 bits per heavy atom. The molecule has 3 heteroatoms. The molecule has 0 aromatic rings. The minimum Gasteiger partial charge on any atom is -0.322 e. The molecule has 1 aliphatic rings. The second-order valence-electron chi connectivity index (χ2n) is 2.06. The molecule has 0 bridgehead atoms. The first-order valence-electron chi connectivity index (χ1n) is 3.02. The lowest BCUT2D eigenvalue weighted by molar-refractivity contribution is 0.557. The maximum Gasteiger partial charge on any atom is 0.235 e. The van der Waals surface area contributed by atoms with Crippen LogP contribution >= 0.6 is 0 Å². The van der Waals surface area contributed by atoms with E-state index in [4.69, 9.17) is 5.73 Å². The van der Waals surface area contributed by atoms with Gasteiger partial charge in [-0.15, -0.1) is 0 Å². The Morgan fingerprint density at radius 2 is 2.10 bits per heavy atom. The van der Waals surface area contributed by atoms with E-state index in [1.807, 2.05) is 12.2 Å². The third-order valence-electron chi connectivity index (χ3n) is 1.35.